The molecule has 15 heavy (non-hydrogen) atoms. The van der Waals surface area contributed by atoms with Gasteiger partial charge in [-0.1, -0.05) is 37.1 Å². The van der Waals surface area contributed by atoms with E-state index in [2.05, 4.69) is 0 Å². The number of halogens is 3. The predicted octanol–water partition coefficient (Wildman–Crippen LogP) is 3.40. The van der Waals surface area contributed by atoms with Gasteiger partial charge in [-0.05, 0) is 24.3 Å². The summed E-state index contributed by atoms with van der Waals surface area (Å²) in [6.07, 6.45) is 4.36. The summed E-state index contributed by atoms with van der Waals surface area (Å²) >= 11 is 0. The van der Waals surface area contributed by atoms with E-state index in [4.69, 9.17) is 0 Å². The molecule has 4 heteroatoms. The Labute approximate surface area is 87.6 Å². The molecule has 0 heterocycles. The van der Waals surface area contributed by atoms with Gasteiger partial charge in [-0.2, -0.15) is 0 Å². The summed E-state index contributed by atoms with van der Waals surface area (Å²) in [5, 5.41) is 0. The lowest BCUT2D eigenvalue weighted by atomic mass is 9.78. The van der Waals surface area contributed by atoms with Crippen molar-refractivity contribution in [3.05, 3.63) is 29.8 Å². The highest BCUT2D eigenvalue weighted by Crippen LogP contribution is 2.33. The topological polar surface area (TPSA) is 0 Å². The van der Waals surface area contributed by atoms with E-state index in [-0.39, 0.29) is 0 Å². The van der Waals surface area contributed by atoms with Crippen LogP contribution in [-0.2, 0) is 0 Å². The molecule has 82 valence electrons. The third kappa shape index (κ3) is 2.36. The third-order valence-electron chi connectivity index (χ3n) is 3.12. The lowest BCUT2D eigenvalue weighted by molar-refractivity contribution is 0.501. The minimum Gasteiger partial charge on any atom is -0.445 e. The van der Waals surface area contributed by atoms with Gasteiger partial charge in [0, 0.05) is 0 Å². The van der Waals surface area contributed by atoms with Crippen LogP contribution < -0.4 is 5.46 Å². The van der Waals surface area contributed by atoms with Crippen molar-refractivity contribution in [1.82, 2.24) is 0 Å². The minimum absolute atomic E-state index is 0.350. The summed E-state index contributed by atoms with van der Waals surface area (Å²) in [6, 6.07) is 5.84. The Morgan fingerprint density at radius 1 is 1.07 bits per heavy atom. The molecule has 0 nitrogen and oxygen atoms in total. The van der Waals surface area contributed by atoms with Gasteiger partial charge in [-0.25, -0.2) is 0 Å². The summed E-state index contributed by atoms with van der Waals surface area (Å²) in [5.74, 6) is 0.350. The Hall–Kier alpha value is -0.925. The van der Waals surface area contributed by atoms with Crippen LogP contribution in [-0.4, -0.2) is 6.98 Å². The second-order valence-corrected chi connectivity index (χ2v) is 4.23. The van der Waals surface area contributed by atoms with Crippen LogP contribution in [0.25, 0.3) is 0 Å². The van der Waals surface area contributed by atoms with Gasteiger partial charge in [0.25, 0.3) is 0 Å². The molecular formula is C11H13BF3-. The average Bonchev–Trinajstić information content (AvgIpc) is 2.69. The zero-order valence-electron chi connectivity index (χ0n) is 8.43. The molecule has 0 atom stereocenters. The minimum atomic E-state index is -4.84. The molecule has 0 amide bonds. The average molecular weight is 213 g/mol. The first-order valence-electron chi connectivity index (χ1n) is 5.37. The first kappa shape index (κ1) is 10.6. The van der Waals surface area contributed by atoms with Gasteiger partial charge in [-0.3, -0.25) is 0 Å². The van der Waals surface area contributed by atoms with E-state index in [1.807, 2.05) is 6.07 Å². The van der Waals surface area contributed by atoms with Crippen molar-refractivity contribution in [2.75, 3.05) is 0 Å². The van der Waals surface area contributed by atoms with E-state index in [1.165, 1.54) is 18.2 Å². The van der Waals surface area contributed by atoms with Crippen molar-refractivity contribution in [3.63, 3.8) is 0 Å². The second-order valence-electron chi connectivity index (χ2n) is 4.23. The normalized spacial score (nSPS) is 18.3. The number of rotatable bonds is 2. The van der Waals surface area contributed by atoms with Crippen molar-refractivity contribution in [2.24, 2.45) is 0 Å². The van der Waals surface area contributed by atoms with E-state index < -0.39 is 12.4 Å². The van der Waals surface area contributed by atoms with Gasteiger partial charge in [0.15, 0.2) is 0 Å². The molecule has 0 saturated heterocycles. The molecule has 1 aliphatic rings. The van der Waals surface area contributed by atoms with Crippen LogP contribution in [0.5, 0.6) is 0 Å². The third-order valence-corrected chi connectivity index (χ3v) is 3.12. The molecule has 1 aromatic rings. The molecule has 0 spiro atoms. The van der Waals surface area contributed by atoms with Crippen molar-refractivity contribution in [2.45, 2.75) is 31.6 Å². The Balaban J connectivity index is 2.26. The molecule has 2 rings (SSSR count). The second kappa shape index (κ2) is 3.91. The summed E-state index contributed by atoms with van der Waals surface area (Å²) in [6.45, 7) is -4.84. The molecule has 1 aromatic carbocycles. The molecule has 0 N–H and O–H groups in total. The molecule has 0 bridgehead atoms. The van der Waals surface area contributed by atoms with Crippen LogP contribution in [0.15, 0.2) is 24.3 Å². The van der Waals surface area contributed by atoms with E-state index in [9.17, 15) is 12.9 Å². The highest BCUT2D eigenvalue weighted by molar-refractivity contribution is 6.73. The van der Waals surface area contributed by atoms with E-state index in [0.29, 0.717) is 5.92 Å². The van der Waals surface area contributed by atoms with E-state index in [1.54, 1.807) is 0 Å². The van der Waals surface area contributed by atoms with Crippen molar-refractivity contribution in [1.29, 1.82) is 0 Å². The summed E-state index contributed by atoms with van der Waals surface area (Å²) in [5.41, 5.74) is 0.406. The Morgan fingerprint density at radius 3 is 2.33 bits per heavy atom. The molecule has 0 aliphatic heterocycles. The van der Waals surface area contributed by atoms with E-state index in [0.717, 1.165) is 31.2 Å². The van der Waals surface area contributed by atoms with Gasteiger partial charge in [0.2, 0.25) is 0 Å². The first-order valence-corrected chi connectivity index (χ1v) is 5.37. The maximum absolute atomic E-state index is 12.5. The van der Waals surface area contributed by atoms with Crippen molar-refractivity contribution < 1.29 is 12.9 Å². The molecule has 1 fully saturated rings. The van der Waals surface area contributed by atoms with Gasteiger partial charge >= 0.3 is 6.98 Å². The van der Waals surface area contributed by atoms with Crippen LogP contribution in [0.1, 0.15) is 37.2 Å². The Bertz CT molecular complexity index is 340. The predicted molar refractivity (Wildman–Crippen MR) is 56.4 cm³/mol. The first-order chi connectivity index (χ1) is 7.07. The smallest absolute Gasteiger partial charge is 0.445 e. The zero-order valence-corrected chi connectivity index (χ0v) is 8.43. The highest BCUT2D eigenvalue weighted by Gasteiger charge is 2.26. The van der Waals surface area contributed by atoms with Crippen LogP contribution in [0, 0.1) is 0 Å². The van der Waals surface area contributed by atoms with Gasteiger partial charge in [0.1, 0.15) is 0 Å². The van der Waals surface area contributed by atoms with Crippen LogP contribution in [0.2, 0.25) is 0 Å². The fraction of sp³-hybridized carbons (Fsp3) is 0.455. The summed E-state index contributed by atoms with van der Waals surface area (Å²) in [7, 11) is 0. The highest BCUT2D eigenvalue weighted by atomic mass is 19.4. The SMILES string of the molecule is F[B-](F)(F)c1cccc(C2CCCC2)c1. The largest absolute Gasteiger partial charge is 0.509 e. The number of hydrogen-bond donors (Lipinski definition) is 0. The lowest BCUT2D eigenvalue weighted by Crippen LogP contribution is -2.34. The Morgan fingerprint density at radius 2 is 1.73 bits per heavy atom. The van der Waals surface area contributed by atoms with Crippen LogP contribution >= 0.6 is 0 Å². The molecular weight excluding hydrogens is 200 g/mol. The number of benzene rings is 1. The van der Waals surface area contributed by atoms with Gasteiger partial charge in [0.05, 0.1) is 0 Å². The quantitative estimate of drug-likeness (QED) is 0.660. The molecule has 0 aromatic heterocycles. The van der Waals surface area contributed by atoms with Gasteiger partial charge in [-0.15, -0.1) is 5.46 Å². The molecule has 0 unspecified atom stereocenters. The van der Waals surface area contributed by atoms with Crippen molar-refractivity contribution in [3.8, 4) is 0 Å². The molecule has 1 saturated carbocycles. The summed E-state index contributed by atoms with van der Waals surface area (Å²) < 4.78 is 37.6. The maximum atomic E-state index is 12.5. The van der Waals surface area contributed by atoms with E-state index >= 15 is 0 Å². The van der Waals surface area contributed by atoms with Gasteiger partial charge < -0.3 is 12.9 Å². The molecule has 1 aliphatic carbocycles. The fourth-order valence-electron chi connectivity index (χ4n) is 2.28. The zero-order chi connectivity index (χ0) is 10.9. The monoisotopic (exact) mass is 213 g/mol. The van der Waals surface area contributed by atoms with Crippen LogP contribution in [0.4, 0.5) is 12.9 Å². The van der Waals surface area contributed by atoms with Crippen molar-refractivity contribution >= 4 is 12.4 Å². The fourth-order valence-corrected chi connectivity index (χ4v) is 2.28. The summed E-state index contributed by atoms with van der Waals surface area (Å²) in [4.78, 5) is 0. The Kier molecular flexibility index (Phi) is 2.76. The lowest BCUT2D eigenvalue weighted by Gasteiger charge is -2.17. The van der Waals surface area contributed by atoms with Crippen LogP contribution in [0.3, 0.4) is 0 Å². The molecule has 0 radical (unpaired) electrons. The maximum Gasteiger partial charge on any atom is 0.509 e. The standard InChI is InChI=1S/C11H13BF3/c13-12(14,15)11-7-3-6-10(8-11)9-4-1-2-5-9/h3,6-9H,1-2,4-5H2/q-1. The number of hydrogen-bond acceptors (Lipinski definition) is 0.